The van der Waals surface area contributed by atoms with Crippen molar-refractivity contribution in [2.45, 2.75) is 45.7 Å². The topological polar surface area (TPSA) is 81.7 Å². The first-order valence-corrected chi connectivity index (χ1v) is 6.72. The summed E-state index contributed by atoms with van der Waals surface area (Å²) in [5.74, 6) is -1.09. The Hall–Kier alpha value is -1.30. The average molecular weight is 273 g/mol. The van der Waals surface area contributed by atoms with Crippen molar-refractivity contribution in [3.63, 3.8) is 0 Å². The molecule has 0 aliphatic carbocycles. The van der Waals surface area contributed by atoms with E-state index in [1.54, 1.807) is 0 Å². The van der Waals surface area contributed by atoms with Crippen molar-refractivity contribution in [1.82, 2.24) is 15.5 Å². The molecule has 2 amide bonds. The number of nitrogens with one attached hydrogen (secondary N) is 2. The van der Waals surface area contributed by atoms with Crippen LogP contribution in [0.2, 0.25) is 0 Å². The molecule has 0 saturated heterocycles. The lowest BCUT2D eigenvalue weighted by atomic mass is 9.99. The van der Waals surface area contributed by atoms with Gasteiger partial charge in [0.05, 0.1) is 0 Å². The Kier molecular flexibility index (Phi) is 8.14. The van der Waals surface area contributed by atoms with Crippen molar-refractivity contribution < 1.29 is 14.7 Å². The van der Waals surface area contributed by atoms with E-state index in [-0.39, 0.29) is 12.0 Å². The van der Waals surface area contributed by atoms with Crippen LogP contribution in [-0.4, -0.2) is 54.7 Å². The van der Waals surface area contributed by atoms with Gasteiger partial charge in [0.15, 0.2) is 0 Å². The van der Waals surface area contributed by atoms with Gasteiger partial charge >= 0.3 is 12.0 Å². The first-order valence-electron chi connectivity index (χ1n) is 6.72. The number of hydrogen-bond acceptors (Lipinski definition) is 3. The molecular weight excluding hydrogens is 246 g/mol. The second-order valence-electron chi connectivity index (χ2n) is 5.31. The molecule has 6 heteroatoms. The Balaban J connectivity index is 4.23. The fraction of sp³-hybridized carbons (Fsp3) is 0.846. The molecule has 0 aliphatic rings. The van der Waals surface area contributed by atoms with Crippen LogP contribution >= 0.6 is 0 Å². The third kappa shape index (κ3) is 7.66. The summed E-state index contributed by atoms with van der Waals surface area (Å²) < 4.78 is 0. The Morgan fingerprint density at radius 1 is 1.21 bits per heavy atom. The predicted molar refractivity (Wildman–Crippen MR) is 75.2 cm³/mol. The van der Waals surface area contributed by atoms with Crippen LogP contribution in [0.1, 0.15) is 33.6 Å². The monoisotopic (exact) mass is 273 g/mol. The number of carboxylic acids is 1. The van der Waals surface area contributed by atoms with Crippen LogP contribution in [0.15, 0.2) is 0 Å². The molecule has 0 radical (unpaired) electrons. The maximum absolute atomic E-state index is 11.7. The molecule has 0 heterocycles. The van der Waals surface area contributed by atoms with Crippen LogP contribution < -0.4 is 10.6 Å². The van der Waals surface area contributed by atoms with Crippen LogP contribution in [-0.2, 0) is 4.79 Å². The zero-order chi connectivity index (χ0) is 15.0. The second kappa shape index (κ2) is 8.74. The van der Waals surface area contributed by atoms with Gasteiger partial charge in [0.25, 0.3) is 0 Å². The van der Waals surface area contributed by atoms with Crippen LogP contribution in [0.4, 0.5) is 4.79 Å². The van der Waals surface area contributed by atoms with Gasteiger partial charge in [-0.3, -0.25) is 0 Å². The van der Waals surface area contributed by atoms with Crippen molar-refractivity contribution in [3.05, 3.63) is 0 Å². The zero-order valence-corrected chi connectivity index (χ0v) is 12.6. The summed E-state index contributed by atoms with van der Waals surface area (Å²) in [7, 11) is 3.94. The molecule has 0 aromatic carbocycles. The van der Waals surface area contributed by atoms with Gasteiger partial charge in [0.2, 0.25) is 0 Å². The minimum absolute atomic E-state index is 0.00813. The summed E-state index contributed by atoms with van der Waals surface area (Å²) in [5, 5.41) is 14.4. The lowest BCUT2D eigenvalue weighted by molar-refractivity contribution is -0.140. The van der Waals surface area contributed by atoms with Crippen molar-refractivity contribution in [2.75, 3.05) is 20.6 Å². The molecule has 19 heavy (non-hydrogen) atoms. The smallest absolute Gasteiger partial charge is 0.326 e. The highest BCUT2D eigenvalue weighted by molar-refractivity contribution is 5.82. The molecule has 1 unspecified atom stereocenters. The average Bonchev–Trinajstić information content (AvgIpc) is 2.32. The number of carboxylic acid groups (broad SMARTS) is 1. The van der Waals surface area contributed by atoms with E-state index in [1.165, 1.54) is 0 Å². The van der Waals surface area contributed by atoms with Crippen LogP contribution in [0.5, 0.6) is 0 Å². The molecule has 0 bridgehead atoms. The quantitative estimate of drug-likeness (QED) is 0.619. The van der Waals surface area contributed by atoms with Gasteiger partial charge in [0, 0.05) is 6.04 Å². The Morgan fingerprint density at radius 2 is 1.79 bits per heavy atom. The lowest BCUT2D eigenvalue weighted by Crippen LogP contribution is -2.51. The van der Waals surface area contributed by atoms with Gasteiger partial charge in [0.1, 0.15) is 6.04 Å². The van der Waals surface area contributed by atoms with Crippen molar-refractivity contribution in [2.24, 2.45) is 5.92 Å². The van der Waals surface area contributed by atoms with Crippen LogP contribution in [0, 0.1) is 5.92 Å². The fourth-order valence-electron chi connectivity index (χ4n) is 1.61. The number of rotatable bonds is 8. The summed E-state index contributed by atoms with van der Waals surface area (Å²) in [5.41, 5.74) is 0. The van der Waals surface area contributed by atoms with Crippen molar-refractivity contribution in [3.8, 4) is 0 Å². The van der Waals surface area contributed by atoms with E-state index in [9.17, 15) is 9.59 Å². The van der Waals surface area contributed by atoms with E-state index < -0.39 is 18.0 Å². The fourth-order valence-corrected chi connectivity index (χ4v) is 1.61. The Morgan fingerprint density at radius 3 is 2.21 bits per heavy atom. The number of nitrogens with zero attached hydrogens (tertiary/aromatic N) is 1. The van der Waals surface area contributed by atoms with Crippen LogP contribution in [0.3, 0.4) is 0 Å². The molecular formula is C13H27N3O3. The third-order valence-corrected chi connectivity index (χ3v) is 3.15. The standard InChI is InChI=1S/C13H27N3O3/c1-6-9(2)11(12(17)18)15-13(19)14-10(3)7-8-16(4)5/h9-11H,6-8H2,1-5H3,(H,17,18)(H2,14,15,19)/t9-,10?,11-/m0/s1. The largest absolute Gasteiger partial charge is 0.480 e. The summed E-state index contributed by atoms with van der Waals surface area (Å²) >= 11 is 0. The molecule has 0 rings (SSSR count). The summed E-state index contributed by atoms with van der Waals surface area (Å²) in [6.07, 6.45) is 1.52. The van der Waals surface area contributed by atoms with E-state index in [1.807, 2.05) is 39.8 Å². The van der Waals surface area contributed by atoms with Gasteiger partial charge in [-0.25, -0.2) is 9.59 Å². The molecule has 0 saturated carbocycles. The van der Waals surface area contributed by atoms with E-state index in [4.69, 9.17) is 5.11 Å². The first kappa shape index (κ1) is 17.7. The molecule has 0 fully saturated rings. The molecule has 0 aromatic rings. The number of aliphatic carboxylic acids is 1. The summed E-state index contributed by atoms with van der Waals surface area (Å²) in [6, 6.07) is -1.25. The van der Waals surface area contributed by atoms with E-state index in [0.29, 0.717) is 6.42 Å². The molecule has 0 aromatic heterocycles. The number of hydrogen-bond donors (Lipinski definition) is 3. The summed E-state index contributed by atoms with van der Waals surface area (Å²) in [6.45, 7) is 6.49. The molecule has 112 valence electrons. The zero-order valence-electron chi connectivity index (χ0n) is 12.6. The Labute approximate surface area is 115 Å². The number of carbonyl (C=O) groups is 2. The predicted octanol–water partition coefficient (Wildman–Crippen LogP) is 1.13. The highest BCUT2D eigenvalue weighted by Crippen LogP contribution is 2.07. The van der Waals surface area contributed by atoms with E-state index in [0.717, 1.165) is 13.0 Å². The maximum atomic E-state index is 11.7. The van der Waals surface area contributed by atoms with E-state index in [2.05, 4.69) is 10.6 Å². The molecule has 3 N–H and O–H groups in total. The summed E-state index contributed by atoms with van der Waals surface area (Å²) in [4.78, 5) is 24.9. The molecule has 0 spiro atoms. The number of carbonyl (C=O) groups excluding carboxylic acids is 1. The molecule has 6 nitrogen and oxygen atoms in total. The first-order chi connectivity index (χ1) is 8.77. The molecule has 0 aliphatic heterocycles. The lowest BCUT2D eigenvalue weighted by Gasteiger charge is -2.22. The van der Waals surface area contributed by atoms with Crippen molar-refractivity contribution in [1.29, 1.82) is 0 Å². The normalized spacial score (nSPS) is 15.7. The maximum Gasteiger partial charge on any atom is 0.326 e. The number of urea groups is 1. The van der Waals surface area contributed by atoms with Gasteiger partial charge < -0.3 is 20.6 Å². The van der Waals surface area contributed by atoms with Gasteiger partial charge in [-0.1, -0.05) is 20.3 Å². The second-order valence-corrected chi connectivity index (χ2v) is 5.31. The van der Waals surface area contributed by atoms with Gasteiger partial charge in [-0.05, 0) is 39.9 Å². The Bertz CT molecular complexity index is 295. The highest BCUT2D eigenvalue weighted by Gasteiger charge is 2.25. The number of amides is 2. The van der Waals surface area contributed by atoms with Gasteiger partial charge in [-0.15, -0.1) is 0 Å². The minimum atomic E-state index is -0.995. The third-order valence-electron chi connectivity index (χ3n) is 3.15. The SMILES string of the molecule is CC[C@H](C)[C@H](NC(=O)NC(C)CCN(C)C)C(=O)O. The highest BCUT2D eigenvalue weighted by atomic mass is 16.4. The van der Waals surface area contributed by atoms with Gasteiger partial charge in [-0.2, -0.15) is 0 Å². The van der Waals surface area contributed by atoms with Crippen molar-refractivity contribution >= 4 is 12.0 Å². The minimum Gasteiger partial charge on any atom is -0.480 e. The van der Waals surface area contributed by atoms with Crippen LogP contribution in [0.25, 0.3) is 0 Å². The van der Waals surface area contributed by atoms with E-state index >= 15 is 0 Å². The molecule has 3 atom stereocenters.